The molecule has 5 nitrogen and oxygen atoms in total. The zero-order chi connectivity index (χ0) is 16.8. The van der Waals surface area contributed by atoms with Crippen molar-refractivity contribution >= 4 is 17.4 Å². The number of anilines is 2. The van der Waals surface area contributed by atoms with Crippen molar-refractivity contribution in [1.82, 2.24) is 15.3 Å². The highest BCUT2D eigenvalue weighted by Crippen LogP contribution is 2.17. The molecule has 2 rings (SSSR count). The summed E-state index contributed by atoms with van der Waals surface area (Å²) in [6.45, 7) is 9.04. The summed E-state index contributed by atoms with van der Waals surface area (Å²) in [5.41, 5.74) is 3.75. The van der Waals surface area contributed by atoms with E-state index in [4.69, 9.17) is 0 Å². The average molecular weight is 312 g/mol. The molecule has 0 aliphatic carbocycles. The number of rotatable bonds is 6. The normalized spacial score (nSPS) is 10.7. The third kappa shape index (κ3) is 5.06. The van der Waals surface area contributed by atoms with Crippen LogP contribution in [0.5, 0.6) is 0 Å². The van der Waals surface area contributed by atoms with Crippen molar-refractivity contribution in [1.29, 1.82) is 0 Å². The number of aromatic nitrogens is 2. The number of nitrogens with zero attached hydrogens (tertiary/aromatic N) is 2. The minimum atomic E-state index is -0.184. The number of amides is 1. The van der Waals surface area contributed by atoms with Gasteiger partial charge in [0.25, 0.3) is 5.91 Å². The Bertz CT molecular complexity index is 665. The Morgan fingerprint density at radius 2 is 1.91 bits per heavy atom. The minimum Gasteiger partial charge on any atom is -0.351 e. The smallest absolute Gasteiger partial charge is 0.271 e. The van der Waals surface area contributed by atoms with E-state index in [2.05, 4.69) is 60.4 Å². The second-order valence-corrected chi connectivity index (χ2v) is 6.15. The lowest BCUT2D eigenvalue weighted by Gasteiger charge is -2.09. The highest BCUT2D eigenvalue weighted by Gasteiger charge is 2.08. The molecule has 0 saturated carbocycles. The van der Waals surface area contributed by atoms with Crippen LogP contribution in [0.4, 0.5) is 11.5 Å². The molecule has 0 aliphatic rings. The third-order valence-corrected chi connectivity index (χ3v) is 3.67. The van der Waals surface area contributed by atoms with Gasteiger partial charge in [-0.05, 0) is 49.4 Å². The van der Waals surface area contributed by atoms with Crippen molar-refractivity contribution in [2.75, 3.05) is 11.9 Å². The summed E-state index contributed by atoms with van der Waals surface area (Å²) in [6.07, 6.45) is 4.02. The van der Waals surface area contributed by atoms with Gasteiger partial charge in [0.05, 0.1) is 12.4 Å². The fourth-order valence-electron chi connectivity index (χ4n) is 2.04. The highest BCUT2D eigenvalue weighted by molar-refractivity contribution is 5.92. The van der Waals surface area contributed by atoms with Gasteiger partial charge >= 0.3 is 0 Å². The summed E-state index contributed by atoms with van der Waals surface area (Å²) in [5, 5.41) is 6.04. The third-order valence-electron chi connectivity index (χ3n) is 3.67. The molecule has 0 spiro atoms. The van der Waals surface area contributed by atoms with Crippen LogP contribution in [-0.2, 0) is 0 Å². The Labute approximate surface area is 137 Å². The van der Waals surface area contributed by atoms with Gasteiger partial charge in [-0.3, -0.25) is 4.79 Å². The molecular formula is C18H24N4O. The van der Waals surface area contributed by atoms with E-state index < -0.39 is 0 Å². The van der Waals surface area contributed by atoms with E-state index in [1.807, 2.05) is 6.07 Å². The van der Waals surface area contributed by atoms with Crippen LogP contribution in [0.1, 0.15) is 41.9 Å². The number of carbonyl (C=O) groups excluding carboxylic acids is 1. The fourth-order valence-corrected chi connectivity index (χ4v) is 2.04. The summed E-state index contributed by atoms with van der Waals surface area (Å²) in [5.74, 6) is 0.994. The Kier molecular flexibility index (Phi) is 5.68. The minimum absolute atomic E-state index is 0.184. The molecule has 0 saturated heterocycles. The number of carbonyl (C=O) groups is 1. The van der Waals surface area contributed by atoms with Gasteiger partial charge in [-0.15, -0.1) is 0 Å². The van der Waals surface area contributed by atoms with Crippen LogP contribution in [0.3, 0.4) is 0 Å². The van der Waals surface area contributed by atoms with Crippen molar-refractivity contribution in [3.05, 3.63) is 47.4 Å². The highest BCUT2D eigenvalue weighted by atomic mass is 16.1. The maximum absolute atomic E-state index is 11.9. The number of hydrogen-bond acceptors (Lipinski definition) is 4. The molecule has 0 aliphatic heterocycles. The second-order valence-electron chi connectivity index (χ2n) is 6.15. The standard InChI is InChI=1S/C18H24N4O/c1-12(2)7-8-19-18(23)16-10-21-17(11-20-16)22-15-6-5-13(3)14(4)9-15/h5-6,9-12H,7-8H2,1-4H3,(H,19,23)(H,21,22). The molecule has 0 bridgehead atoms. The van der Waals surface area contributed by atoms with Gasteiger partial charge in [-0.1, -0.05) is 19.9 Å². The van der Waals surface area contributed by atoms with Crippen molar-refractivity contribution in [2.45, 2.75) is 34.1 Å². The second kappa shape index (κ2) is 7.72. The van der Waals surface area contributed by atoms with Crippen LogP contribution in [0.25, 0.3) is 0 Å². The van der Waals surface area contributed by atoms with E-state index in [1.54, 1.807) is 6.20 Å². The molecule has 1 heterocycles. The van der Waals surface area contributed by atoms with E-state index in [0.29, 0.717) is 24.0 Å². The van der Waals surface area contributed by atoms with Gasteiger partial charge in [-0.2, -0.15) is 0 Å². The van der Waals surface area contributed by atoms with Crippen LogP contribution in [0.2, 0.25) is 0 Å². The quantitative estimate of drug-likeness (QED) is 0.855. The van der Waals surface area contributed by atoms with E-state index in [-0.39, 0.29) is 5.91 Å². The van der Waals surface area contributed by atoms with Crippen molar-refractivity contribution in [3.8, 4) is 0 Å². The zero-order valence-electron chi connectivity index (χ0n) is 14.2. The van der Waals surface area contributed by atoms with Crippen molar-refractivity contribution in [2.24, 2.45) is 5.92 Å². The van der Waals surface area contributed by atoms with E-state index in [9.17, 15) is 4.79 Å². The predicted octanol–water partition coefficient (Wildman–Crippen LogP) is 3.61. The summed E-state index contributed by atoms with van der Waals surface area (Å²) in [4.78, 5) is 20.4. The molecule has 1 amide bonds. The van der Waals surface area contributed by atoms with Crippen molar-refractivity contribution < 1.29 is 4.79 Å². The summed E-state index contributed by atoms with van der Waals surface area (Å²) in [7, 11) is 0. The molecule has 0 unspecified atom stereocenters. The van der Waals surface area contributed by atoms with Gasteiger partial charge in [0.1, 0.15) is 11.5 Å². The first-order valence-electron chi connectivity index (χ1n) is 7.90. The van der Waals surface area contributed by atoms with Crippen LogP contribution in [0, 0.1) is 19.8 Å². The Hall–Kier alpha value is -2.43. The Balaban J connectivity index is 1.96. The van der Waals surface area contributed by atoms with Gasteiger partial charge < -0.3 is 10.6 Å². The van der Waals surface area contributed by atoms with Gasteiger partial charge in [0.2, 0.25) is 0 Å². The van der Waals surface area contributed by atoms with E-state index in [0.717, 1.165) is 12.1 Å². The molecule has 5 heteroatoms. The number of hydrogen-bond donors (Lipinski definition) is 2. The zero-order valence-corrected chi connectivity index (χ0v) is 14.2. The Morgan fingerprint density at radius 3 is 2.52 bits per heavy atom. The molecule has 122 valence electrons. The molecule has 2 aromatic rings. The molecule has 1 aromatic heterocycles. The number of aryl methyl sites for hydroxylation is 2. The van der Waals surface area contributed by atoms with Crippen molar-refractivity contribution in [3.63, 3.8) is 0 Å². The first kappa shape index (κ1) is 16.9. The van der Waals surface area contributed by atoms with Crippen LogP contribution < -0.4 is 10.6 Å². The van der Waals surface area contributed by atoms with Crippen LogP contribution in [-0.4, -0.2) is 22.4 Å². The van der Waals surface area contributed by atoms with E-state index in [1.165, 1.54) is 17.3 Å². The molecule has 0 fully saturated rings. The van der Waals surface area contributed by atoms with Gasteiger partial charge in [0, 0.05) is 12.2 Å². The lowest BCUT2D eigenvalue weighted by Crippen LogP contribution is -2.26. The number of nitrogens with one attached hydrogen (secondary N) is 2. The maximum atomic E-state index is 11.9. The largest absolute Gasteiger partial charge is 0.351 e. The van der Waals surface area contributed by atoms with E-state index >= 15 is 0 Å². The molecular weight excluding hydrogens is 288 g/mol. The monoisotopic (exact) mass is 312 g/mol. The molecule has 0 radical (unpaired) electrons. The SMILES string of the molecule is Cc1ccc(Nc2cnc(C(=O)NCCC(C)C)cn2)cc1C. The first-order chi connectivity index (χ1) is 11.0. The lowest BCUT2D eigenvalue weighted by atomic mass is 10.1. The Morgan fingerprint density at radius 1 is 1.13 bits per heavy atom. The maximum Gasteiger partial charge on any atom is 0.271 e. The molecule has 23 heavy (non-hydrogen) atoms. The van der Waals surface area contributed by atoms with Gasteiger partial charge in [0.15, 0.2) is 0 Å². The van der Waals surface area contributed by atoms with Crippen LogP contribution in [0.15, 0.2) is 30.6 Å². The number of benzene rings is 1. The molecule has 0 atom stereocenters. The summed E-state index contributed by atoms with van der Waals surface area (Å²) in [6, 6.07) is 6.11. The van der Waals surface area contributed by atoms with Gasteiger partial charge in [-0.25, -0.2) is 9.97 Å². The predicted molar refractivity (Wildman–Crippen MR) is 93.0 cm³/mol. The first-order valence-corrected chi connectivity index (χ1v) is 7.90. The van der Waals surface area contributed by atoms with Crippen LogP contribution >= 0.6 is 0 Å². The summed E-state index contributed by atoms with van der Waals surface area (Å²) >= 11 is 0. The topological polar surface area (TPSA) is 66.9 Å². The molecule has 1 aromatic carbocycles. The molecule has 2 N–H and O–H groups in total. The average Bonchev–Trinajstić information content (AvgIpc) is 2.51. The summed E-state index contributed by atoms with van der Waals surface area (Å²) < 4.78 is 0. The fraction of sp³-hybridized carbons (Fsp3) is 0.389. The lowest BCUT2D eigenvalue weighted by molar-refractivity contribution is 0.0946.